The van der Waals surface area contributed by atoms with Crippen LogP contribution in [-0.2, 0) is 20.9 Å². The van der Waals surface area contributed by atoms with E-state index in [9.17, 15) is 9.59 Å². The Bertz CT molecular complexity index is 604. The number of β-lactam (4-membered cyclic amide) rings is 1. The summed E-state index contributed by atoms with van der Waals surface area (Å²) in [5.74, 6) is -0.593. The number of esters is 1. The van der Waals surface area contributed by atoms with Crippen molar-refractivity contribution in [3.63, 3.8) is 0 Å². The van der Waals surface area contributed by atoms with E-state index in [4.69, 9.17) is 9.84 Å². The van der Waals surface area contributed by atoms with Gasteiger partial charge in [-0.25, -0.2) is 4.79 Å². The molecule has 2 aliphatic heterocycles. The second-order valence-electron chi connectivity index (χ2n) is 6.47. The Hall–Kier alpha value is -1.53. The number of benzene rings is 1. The predicted octanol–water partition coefficient (Wildman–Crippen LogP) is 1.79. The van der Waals surface area contributed by atoms with Gasteiger partial charge >= 0.3 is 5.97 Å². The number of fused-ring (bicyclic) bond motifs is 1. The van der Waals surface area contributed by atoms with Crippen LogP contribution in [0.5, 0.6) is 0 Å². The Morgan fingerprint density at radius 1 is 1.35 bits per heavy atom. The van der Waals surface area contributed by atoms with Crippen LogP contribution in [0.15, 0.2) is 30.3 Å². The van der Waals surface area contributed by atoms with Crippen LogP contribution >= 0.6 is 11.8 Å². The molecule has 3 rings (SSSR count). The highest BCUT2D eigenvalue weighted by Gasteiger charge is 2.63. The molecule has 0 radical (unpaired) electrons. The molecule has 2 fully saturated rings. The lowest BCUT2D eigenvalue weighted by Crippen LogP contribution is -2.62. The van der Waals surface area contributed by atoms with Crippen molar-refractivity contribution in [3.8, 4) is 0 Å². The van der Waals surface area contributed by atoms with Gasteiger partial charge in [0.25, 0.3) is 0 Å². The van der Waals surface area contributed by atoms with Crippen molar-refractivity contribution < 1.29 is 19.4 Å². The Morgan fingerprint density at radius 2 is 2.04 bits per heavy atom. The van der Waals surface area contributed by atoms with E-state index in [-0.39, 0.29) is 36.4 Å². The van der Waals surface area contributed by atoms with Gasteiger partial charge < -0.3 is 14.7 Å². The van der Waals surface area contributed by atoms with Crippen molar-refractivity contribution in [2.45, 2.75) is 43.0 Å². The molecule has 1 aromatic carbocycles. The quantitative estimate of drug-likeness (QED) is 0.656. The number of carbonyl (C=O) groups excluding carboxylic acids is 2. The molecule has 124 valence electrons. The number of aliphatic hydroxyl groups is 1. The van der Waals surface area contributed by atoms with Crippen LogP contribution in [0, 0.1) is 5.92 Å². The largest absolute Gasteiger partial charge is 0.459 e. The molecule has 2 aliphatic rings. The molecule has 0 aliphatic carbocycles. The third-order valence-corrected chi connectivity index (χ3v) is 6.07. The first-order valence-corrected chi connectivity index (χ1v) is 8.65. The SMILES string of the molecule is CC1(C)S[C@@H]2[C@H](CCO)C(=O)N2[C@H]1C(=O)OCc1ccccc1. The molecule has 1 aromatic rings. The van der Waals surface area contributed by atoms with Gasteiger partial charge in [-0.3, -0.25) is 4.79 Å². The molecule has 0 unspecified atom stereocenters. The Morgan fingerprint density at radius 3 is 2.70 bits per heavy atom. The van der Waals surface area contributed by atoms with E-state index >= 15 is 0 Å². The summed E-state index contributed by atoms with van der Waals surface area (Å²) >= 11 is 1.62. The van der Waals surface area contributed by atoms with Gasteiger partial charge in [0, 0.05) is 11.4 Å². The second-order valence-corrected chi connectivity index (χ2v) is 8.24. The van der Waals surface area contributed by atoms with E-state index in [0.717, 1.165) is 5.56 Å². The smallest absolute Gasteiger partial charge is 0.330 e. The molecule has 1 N–H and O–H groups in total. The fourth-order valence-electron chi connectivity index (χ4n) is 3.28. The minimum atomic E-state index is -0.566. The highest BCUT2D eigenvalue weighted by atomic mass is 32.2. The summed E-state index contributed by atoms with van der Waals surface area (Å²) in [6.07, 6.45) is 0.453. The van der Waals surface area contributed by atoms with Gasteiger partial charge in [0.2, 0.25) is 5.91 Å². The number of amides is 1. The fourth-order valence-corrected chi connectivity index (χ4v) is 5.00. The van der Waals surface area contributed by atoms with Crippen molar-refractivity contribution in [3.05, 3.63) is 35.9 Å². The fraction of sp³-hybridized carbons (Fsp3) is 0.529. The maximum atomic E-state index is 12.6. The molecule has 0 saturated carbocycles. The standard InChI is InChI=1S/C17H21NO4S/c1-17(2)13(16(21)22-10-11-6-4-3-5-7-11)18-14(20)12(8-9-19)15(18)23-17/h3-7,12-13,15,19H,8-10H2,1-2H3/t12-,13+,15-/m1/s1. The third kappa shape index (κ3) is 2.85. The van der Waals surface area contributed by atoms with Gasteiger partial charge in [-0.05, 0) is 25.8 Å². The summed E-state index contributed by atoms with van der Waals surface area (Å²) in [6, 6.07) is 8.93. The van der Waals surface area contributed by atoms with Gasteiger partial charge in [-0.1, -0.05) is 30.3 Å². The second kappa shape index (κ2) is 6.17. The zero-order chi connectivity index (χ0) is 16.6. The summed E-state index contributed by atoms with van der Waals surface area (Å²) in [4.78, 5) is 26.5. The highest BCUT2D eigenvalue weighted by molar-refractivity contribution is 8.01. The third-order valence-electron chi connectivity index (χ3n) is 4.44. The maximum absolute atomic E-state index is 12.6. The lowest BCUT2D eigenvalue weighted by molar-refractivity contribution is -0.167. The number of thioether (sulfide) groups is 1. The number of nitrogens with zero attached hydrogens (tertiary/aromatic N) is 1. The molecule has 0 spiro atoms. The van der Waals surface area contributed by atoms with Crippen LogP contribution < -0.4 is 0 Å². The normalized spacial score (nSPS) is 28.2. The topological polar surface area (TPSA) is 66.8 Å². The molecule has 1 amide bonds. The molecule has 23 heavy (non-hydrogen) atoms. The van der Waals surface area contributed by atoms with Gasteiger partial charge in [0.1, 0.15) is 12.6 Å². The Labute approximate surface area is 140 Å². The monoisotopic (exact) mass is 335 g/mol. The van der Waals surface area contributed by atoms with Crippen molar-refractivity contribution in [1.82, 2.24) is 4.90 Å². The lowest BCUT2D eigenvalue weighted by Gasteiger charge is -2.43. The molecular formula is C17H21NO4S. The van der Waals surface area contributed by atoms with Gasteiger partial charge in [-0.2, -0.15) is 0 Å². The molecule has 2 saturated heterocycles. The summed E-state index contributed by atoms with van der Waals surface area (Å²) in [5, 5.41) is 9.05. The van der Waals surface area contributed by atoms with Gasteiger partial charge in [0.15, 0.2) is 0 Å². The maximum Gasteiger partial charge on any atom is 0.330 e. The van der Waals surface area contributed by atoms with Crippen LogP contribution in [0.4, 0.5) is 0 Å². The number of aliphatic hydroxyl groups excluding tert-OH is 1. The molecular weight excluding hydrogens is 314 g/mol. The predicted molar refractivity (Wildman–Crippen MR) is 87.5 cm³/mol. The zero-order valence-electron chi connectivity index (χ0n) is 13.3. The minimum absolute atomic E-state index is 0.00907. The first-order valence-electron chi connectivity index (χ1n) is 7.77. The van der Waals surface area contributed by atoms with E-state index in [0.29, 0.717) is 6.42 Å². The van der Waals surface area contributed by atoms with E-state index < -0.39 is 10.8 Å². The Balaban J connectivity index is 1.69. The first-order chi connectivity index (χ1) is 11.0. The van der Waals surface area contributed by atoms with Crippen LogP contribution in [-0.4, -0.2) is 44.7 Å². The lowest BCUT2D eigenvalue weighted by atomic mass is 9.90. The molecule has 0 aromatic heterocycles. The number of hydrogen-bond acceptors (Lipinski definition) is 5. The molecule has 6 heteroatoms. The summed E-state index contributed by atoms with van der Waals surface area (Å²) < 4.78 is 5.06. The first kappa shape index (κ1) is 16.3. The van der Waals surface area contributed by atoms with E-state index in [1.807, 2.05) is 44.2 Å². The molecule has 3 atom stereocenters. The average molecular weight is 335 g/mol. The number of hydrogen-bond donors (Lipinski definition) is 1. The number of rotatable bonds is 5. The average Bonchev–Trinajstić information content (AvgIpc) is 2.79. The van der Waals surface area contributed by atoms with Crippen molar-refractivity contribution in [2.24, 2.45) is 5.92 Å². The minimum Gasteiger partial charge on any atom is -0.459 e. The van der Waals surface area contributed by atoms with Crippen LogP contribution in [0.2, 0.25) is 0 Å². The van der Waals surface area contributed by atoms with Crippen LogP contribution in [0.25, 0.3) is 0 Å². The number of ether oxygens (including phenoxy) is 1. The summed E-state index contributed by atoms with van der Waals surface area (Å²) in [7, 11) is 0. The van der Waals surface area contributed by atoms with E-state index in [2.05, 4.69) is 0 Å². The van der Waals surface area contributed by atoms with E-state index in [1.54, 1.807) is 16.7 Å². The number of carbonyl (C=O) groups is 2. The van der Waals surface area contributed by atoms with E-state index in [1.165, 1.54) is 0 Å². The van der Waals surface area contributed by atoms with Gasteiger partial charge in [0.05, 0.1) is 11.3 Å². The van der Waals surface area contributed by atoms with Crippen molar-refractivity contribution in [2.75, 3.05) is 6.61 Å². The summed E-state index contributed by atoms with van der Waals surface area (Å²) in [6.45, 7) is 4.13. The Kier molecular flexibility index (Phi) is 4.38. The molecule has 2 heterocycles. The zero-order valence-corrected chi connectivity index (χ0v) is 14.1. The molecule has 0 bridgehead atoms. The van der Waals surface area contributed by atoms with Crippen LogP contribution in [0.1, 0.15) is 25.8 Å². The van der Waals surface area contributed by atoms with Crippen molar-refractivity contribution >= 4 is 23.6 Å². The van der Waals surface area contributed by atoms with Crippen LogP contribution in [0.3, 0.4) is 0 Å². The highest BCUT2D eigenvalue weighted by Crippen LogP contribution is 2.54. The summed E-state index contributed by atoms with van der Waals surface area (Å²) in [5.41, 5.74) is 0.925. The van der Waals surface area contributed by atoms with Crippen molar-refractivity contribution in [1.29, 1.82) is 0 Å². The van der Waals surface area contributed by atoms with Gasteiger partial charge in [-0.15, -0.1) is 11.8 Å². The molecule has 5 nitrogen and oxygen atoms in total.